The Kier molecular flexibility index (Phi) is 4.79. The quantitative estimate of drug-likeness (QED) is 0.885. The van der Waals surface area contributed by atoms with Gasteiger partial charge in [0.2, 0.25) is 0 Å². The average molecular weight is 286 g/mol. The summed E-state index contributed by atoms with van der Waals surface area (Å²) in [4.78, 5) is 12.3. The molecule has 0 aromatic heterocycles. The number of nitrogens with two attached hydrogens (primary N) is 1. The van der Waals surface area contributed by atoms with Gasteiger partial charge in [0.05, 0.1) is 14.2 Å². The number of ether oxygens (including phenoxy) is 2. The summed E-state index contributed by atoms with van der Waals surface area (Å²) in [5, 5.41) is 2.82. The molecule has 5 nitrogen and oxygen atoms in total. The van der Waals surface area contributed by atoms with Crippen LogP contribution in [0.4, 0.5) is 5.69 Å². The van der Waals surface area contributed by atoms with Gasteiger partial charge in [-0.1, -0.05) is 12.1 Å². The summed E-state index contributed by atoms with van der Waals surface area (Å²) in [6.45, 7) is 0.474. The molecular formula is C16H18N2O3. The Bertz CT molecular complexity index is 602. The molecule has 0 saturated heterocycles. The third kappa shape index (κ3) is 3.73. The molecule has 110 valence electrons. The smallest absolute Gasteiger partial charge is 0.255 e. The predicted octanol–water partition coefficient (Wildman–Crippen LogP) is 2.41. The molecule has 0 spiro atoms. The van der Waals surface area contributed by atoms with Crippen molar-refractivity contribution >= 4 is 11.6 Å². The van der Waals surface area contributed by atoms with Crippen LogP contribution < -0.4 is 20.5 Å². The van der Waals surface area contributed by atoms with E-state index in [1.807, 2.05) is 24.3 Å². The van der Waals surface area contributed by atoms with Gasteiger partial charge < -0.3 is 20.5 Å². The Morgan fingerprint density at radius 1 is 1.05 bits per heavy atom. The molecule has 0 radical (unpaired) electrons. The number of carbonyl (C=O) groups excluding carboxylic acids is 1. The van der Waals surface area contributed by atoms with E-state index in [2.05, 4.69) is 5.32 Å². The summed E-state index contributed by atoms with van der Waals surface area (Å²) < 4.78 is 10.3. The van der Waals surface area contributed by atoms with E-state index >= 15 is 0 Å². The lowest BCUT2D eigenvalue weighted by atomic mass is 10.1. The highest BCUT2D eigenvalue weighted by atomic mass is 16.5. The minimum atomic E-state index is -0.229. The number of hydrogen-bond acceptors (Lipinski definition) is 4. The zero-order valence-electron chi connectivity index (χ0n) is 12.1. The first kappa shape index (κ1) is 14.9. The second kappa shape index (κ2) is 6.76. The van der Waals surface area contributed by atoms with E-state index in [4.69, 9.17) is 15.2 Å². The number of benzene rings is 2. The molecule has 2 aromatic carbocycles. The molecule has 21 heavy (non-hydrogen) atoms. The summed E-state index contributed by atoms with van der Waals surface area (Å²) in [5.41, 5.74) is 7.73. The minimum absolute atomic E-state index is 0.229. The van der Waals surface area contributed by atoms with Gasteiger partial charge in [-0.15, -0.1) is 0 Å². The number of amides is 1. The van der Waals surface area contributed by atoms with Gasteiger partial charge in [0.25, 0.3) is 5.91 Å². The molecule has 0 aliphatic heterocycles. The van der Waals surface area contributed by atoms with Crippen LogP contribution in [0.1, 0.15) is 15.9 Å². The zero-order valence-corrected chi connectivity index (χ0v) is 12.1. The van der Waals surface area contributed by atoms with Gasteiger partial charge in [0.15, 0.2) is 0 Å². The van der Waals surface area contributed by atoms with Crippen LogP contribution in [0.25, 0.3) is 0 Å². The van der Waals surface area contributed by atoms with Gasteiger partial charge in [-0.2, -0.15) is 0 Å². The van der Waals surface area contributed by atoms with Crippen molar-refractivity contribution in [2.45, 2.75) is 6.54 Å². The van der Waals surface area contributed by atoms with E-state index in [0.29, 0.717) is 29.3 Å². The monoisotopic (exact) mass is 286 g/mol. The van der Waals surface area contributed by atoms with Crippen molar-refractivity contribution in [3.63, 3.8) is 0 Å². The fourth-order valence-corrected chi connectivity index (χ4v) is 1.87. The number of methoxy groups -OCH3 is 2. The maximum atomic E-state index is 12.3. The summed E-state index contributed by atoms with van der Waals surface area (Å²) in [7, 11) is 3.09. The molecule has 0 saturated carbocycles. The lowest BCUT2D eigenvalue weighted by Crippen LogP contribution is -2.12. The molecule has 2 aromatic rings. The first-order valence-electron chi connectivity index (χ1n) is 6.49. The van der Waals surface area contributed by atoms with Crippen LogP contribution in [0.15, 0.2) is 42.5 Å². The van der Waals surface area contributed by atoms with E-state index in [1.54, 1.807) is 32.4 Å². The number of rotatable bonds is 5. The highest BCUT2D eigenvalue weighted by molar-refractivity contribution is 6.04. The molecule has 1 amide bonds. The van der Waals surface area contributed by atoms with Gasteiger partial charge in [0.1, 0.15) is 11.5 Å². The number of anilines is 1. The maximum absolute atomic E-state index is 12.3. The summed E-state index contributed by atoms with van der Waals surface area (Å²) in [6, 6.07) is 12.4. The van der Waals surface area contributed by atoms with Crippen LogP contribution in [0.2, 0.25) is 0 Å². The van der Waals surface area contributed by atoms with Crippen molar-refractivity contribution in [1.82, 2.24) is 0 Å². The largest absolute Gasteiger partial charge is 0.497 e. The molecule has 0 unspecified atom stereocenters. The number of hydrogen-bond donors (Lipinski definition) is 2. The van der Waals surface area contributed by atoms with E-state index in [0.717, 1.165) is 5.56 Å². The maximum Gasteiger partial charge on any atom is 0.255 e. The standard InChI is InChI=1S/C16H18N2O3/c1-20-14-7-12(8-15(9-14)21-2)16(19)18-13-5-3-11(10-17)4-6-13/h3-9H,10,17H2,1-2H3,(H,18,19). The third-order valence-corrected chi connectivity index (χ3v) is 3.06. The Morgan fingerprint density at radius 3 is 2.10 bits per heavy atom. The van der Waals surface area contributed by atoms with Gasteiger partial charge in [0, 0.05) is 23.9 Å². The van der Waals surface area contributed by atoms with Crippen LogP contribution in [0, 0.1) is 0 Å². The normalized spacial score (nSPS) is 10.0. The van der Waals surface area contributed by atoms with Crippen LogP contribution >= 0.6 is 0 Å². The lowest BCUT2D eigenvalue weighted by molar-refractivity contribution is 0.102. The van der Waals surface area contributed by atoms with E-state index in [1.165, 1.54) is 0 Å². The van der Waals surface area contributed by atoms with Crippen molar-refractivity contribution < 1.29 is 14.3 Å². The predicted molar refractivity (Wildman–Crippen MR) is 81.8 cm³/mol. The third-order valence-electron chi connectivity index (χ3n) is 3.06. The summed E-state index contributed by atoms with van der Waals surface area (Å²) in [6.07, 6.45) is 0. The van der Waals surface area contributed by atoms with Gasteiger partial charge >= 0.3 is 0 Å². The molecule has 0 fully saturated rings. The number of nitrogens with one attached hydrogen (secondary N) is 1. The zero-order chi connectivity index (χ0) is 15.2. The molecule has 0 aliphatic rings. The second-order valence-corrected chi connectivity index (χ2v) is 4.46. The molecule has 0 heterocycles. The summed E-state index contributed by atoms with van der Waals surface area (Å²) in [5.74, 6) is 0.906. The van der Waals surface area contributed by atoms with Gasteiger partial charge in [-0.25, -0.2) is 0 Å². The van der Waals surface area contributed by atoms with Crippen molar-refractivity contribution in [3.05, 3.63) is 53.6 Å². The SMILES string of the molecule is COc1cc(OC)cc(C(=O)Nc2ccc(CN)cc2)c1. The van der Waals surface area contributed by atoms with Gasteiger partial charge in [-0.3, -0.25) is 4.79 Å². The van der Waals surface area contributed by atoms with Crippen molar-refractivity contribution in [2.75, 3.05) is 19.5 Å². The highest BCUT2D eigenvalue weighted by Gasteiger charge is 2.10. The van der Waals surface area contributed by atoms with Crippen molar-refractivity contribution in [2.24, 2.45) is 5.73 Å². The van der Waals surface area contributed by atoms with Crippen molar-refractivity contribution in [3.8, 4) is 11.5 Å². The van der Waals surface area contributed by atoms with E-state index in [9.17, 15) is 4.79 Å². The molecule has 0 atom stereocenters. The van der Waals surface area contributed by atoms with Crippen LogP contribution in [-0.4, -0.2) is 20.1 Å². The Hall–Kier alpha value is -2.53. The van der Waals surface area contributed by atoms with Crippen LogP contribution in [-0.2, 0) is 6.54 Å². The topological polar surface area (TPSA) is 73.6 Å². The summed E-state index contributed by atoms with van der Waals surface area (Å²) >= 11 is 0. The van der Waals surface area contributed by atoms with Crippen LogP contribution in [0.3, 0.4) is 0 Å². The Labute approximate surface area is 123 Å². The lowest BCUT2D eigenvalue weighted by Gasteiger charge is -2.09. The first-order chi connectivity index (χ1) is 10.2. The number of carbonyl (C=O) groups is 1. The van der Waals surface area contributed by atoms with E-state index < -0.39 is 0 Å². The second-order valence-electron chi connectivity index (χ2n) is 4.46. The molecular weight excluding hydrogens is 268 g/mol. The minimum Gasteiger partial charge on any atom is -0.497 e. The fourth-order valence-electron chi connectivity index (χ4n) is 1.87. The molecule has 5 heteroatoms. The average Bonchev–Trinajstić information content (AvgIpc) is 2.54. The Morgan fingerprint density at radius 2 is 1.62 bits per heavy atom. The van der Waals surface area contributed by atoms with E-state index in [-0.39, 0.29) is 5.91 Å². The van der Waals surface area contributed by atoms with Gasteiger partial charge in [-0.05, 0) is 29.8 Å². The first-order valence-corrected chi connectivity index (χ1v) is 6.49. The highest BCUT2D eigenvalue weighted by Crippen LogP contribution is 2.23. The molecule has 0 aliphatic carbocycles. The molecule has 3 N–H and O–H groups in total. The molecule has 0 bridgehead atoms. The Balaban J connectivity index is 2.18. The molecule has 2 rings (SSSR count). The van der Waals surface area contributed by atoms with Crippen LogP contribution in [0.5, 0.6) is 11.5 Å². The fraction of sp³-hybridized carbons (Fsp3) is 0.188. The van der Waals surface area contributed by atoms with Crippen molar-refractivity contribution in [1.29, 1.82) is 0 Å².